The predicted molar refractivity (Wildman–Crippen MR) is 108 cm³/mol. The van der Waals surface area contributed by atoms with Crippen LogP contribution in [-0.4, -0.2) is 41.3 Å². The monoisotopic (exact) mass is 416 g/mol. The number of hydrogen-bond acceptors (Lipinski definition) is 7. The van der Waals surface area contributed by atoms with Crippen molar-refractivity contribution in [1.82, 2.24) is 20.4 Å². The molecule has 1 fully saturated rings. The number of hydrogen-bond donors (Lipinski definition) is 2. The number of benzene rings is 1. The molecule has 3 heterocycles. The lowest BCUT2D eigenvalue weighted by molar-refractivity contribution is 0.423. The first-order valence-corrected chi connectivity index (χ1v) is 8.21. The molecule has 2 aromatic heterocycles. The number of pyridine rings is 1. The van der Waals surface area contributed by atoms with Crippen molar-refractivity contribution < 1.29 is 4.52 Å². The Morgan fingerprint density at radius 1 is 1.15 bits per heavy atom. The van der Waals surface area contributed by atoms with E-state index in [2.05, 4.69) is 20.4 Å². The van der Waals surface area contributed by atoms with Gasteiger partial charge in [-0.1, -0.05) is 16.8 Å². The molecule has 3 N–H and O–H groups in total. The van der Waals surface area contributed by atoms with Gasteiger partial charge in [0.25, 0.3) is 5.89 Å². The molecule has 7 nitrogen and oxygen atoms in total. The highest BCUT2D eigenvalue weighted by atomic mass is 35.5. The van der Waals surface area contributed by atoms with Crippen molar-refractivity contribution in [1.29, 1.82) is 0 Å². The largest absolute Gasteiger partial charge is 0.353 e. The molecule has 0 aliphatic carbocycles. The van der Waals surface area contributed by atoms with E-state index in [9.17, 15) is 0 Å². The maximum Gasteiger partial charge on any atom is 0.257 e. The summed E-state index contributed by atoms with van der Waals surface area (Å²) in [4.78, 5) is 11.2. The second-order valence-electron chi connectivity index (χ2n) is 5.66. The fourth-order valence-corrected chi connectivity index (χ4v) is 3.11. The number of nitrogens with one attached hydrogen (secondary N) is 1. The Kier molecular flexibility index (Phi) is 7.02. The van der Waals surface area contributed by atoms with Crippen LogP contribution in [0.15, 0.2) is 28.8 Å². The van der Waals surface area contributed by atoms with Gasteiger partial charge in [-0.2, -0.15) is 4.98 Å². The first-order valence-electron chi connectivity index (χ1n) is 7.83. The normalized spacial score (nSPS) is 14.0. The summed E-state index contributed by atoms with van der Waals surface area (Å²) in [6.45, 7) is 3.93. The molecule has 0 atom stereocenters. The molecular weight excluding hydrogens is 399 g/mol. The fraction of sp³-hybridized carbons (Fsp3) is 0.312. The average Bonchev–Trinajstić information content (AvgIpc) is 3.10. The fourth-order valence-electron chi connectivity index (χ4n) is 2.83. The van der Waals surface area contributed by atoms with E-state index >= 15 is 0 Å². The average molecular weight is 418 g/mol. The van der Waals surface area contributed by atoms with Crippen LogP contribution in [0.3, 0.4) is 0 Å². The van der Waals surface area contributed by atoms with Gasteiger partial charge in [-0.25, -0.2) is 4.98 Å². The number of nitrogens with zero attached hydrogens (tertiary/aromatic N) is 4. The van der Waals surface area contributed by atoms with Gasteiger partial charge in [-0.15, -0.1) is 24.8 Å². The zero-order valence-electron chi connectivity index (χ0n) is 13.8. The molecule has 10 heteroatoms. The number of fused-ring (bicyclic) bond motifs is 1. The van der Waals surface area contributed by atoms with Gasteiger partial charge in [0, 0.05) is 37.1 Å². The SMILES string of the molecule is Cl.Cl.NCc1noc(-c2ccc3nc(N4CCNCC4)c(Cl)cc3c2)n1. The van der Waals surface area contributed by atoms with Crippen molar-refractivity contribution in [3.05, 3.63) is 35.1 Å². The molecule has 1 aliphatic rings. The number of anilines is 1. The summed E-state index contributed by atoms with van der Waals surface area (Å²) in [6.07, 6.45) is 0. The van der Waals surface area contributed by atoms with Crippen LogP contribution in [0.5, 0.6) is 0 Å². The highest BCUT2D eigenvalue weighted by Gasteiger charge is 2.16. The molecule has 0 saturated carbocycles. The molecular formula is C16H19Cl3N6O. The van der Waals surface area contributed by atoms with Gasteiger partial charge in [0.1, 0.15) is 5.82 Å². The highest BCUT2D eigenvalue weighted by Crippen LogP contribution is 2.30. The third-order valence-electron chi connectivity index (χ3n) is 4.06. The maximum atomic E-state index is 6.47. The third-order valence-corrected chi connectivity index (χ3v) is 4.34. The third kappa shape index (κ3) is 4.02. The van der Waals surface area contributed by atoms with Crippen molar-refractivity contribution in [2.24, 2.45) is 5.73 Å². The zero-order valence-corrected chi connectivity index (χ0v) is 16.2. The van der Waals surface area contributed by atoms with E-state index < -0.39 is 0 Å². The van der Waals surface area contributed by atoms with Crippen molar-refractivity contribution in [3.8, 4) is 11.5 Å². The smallest absolute Gasteiger partial charge is 0.257 e. The van der Waals surface area contributed by atoms with E-state index in [0.29, 0.717) is 16.7 Å². The van der Waals surface area contributed by atoms with Crippen LogP contribution in [0.2, 0.25) is 5.02 Å². The molecule has 26 heavy (non-hydrogen) atoms. The Balaban J connectivity index is 0.00000121. The van der Waals surface area contributed by atoms with E-state index in [1.807, 2.05) is 24.3 Å². The minimum Gasteiger partial charge on any atom is -0.353 e. The standard InChI is InChI=1S/C16H17ClN6O.2ClH/c17-12-8-11-7-10(16-21-14(9-18)22-24-16)1-2-13(11)20-15(12)23-5-3-19-4-6-23;;/h1-2,7-8,19H,3-6,9,18H2;2*1H. The molecule has 0 amide bonds. The summed E-state index contributed by atoms with van der Waals surface area (Å²) in [5.41, 5.74) is 7.22. The molecule has 1 aromatic carbocycles. The van der Waals surface area contributed by atoms with Gasteiger partial charge in [0.05, 0.1) is 17.1 Å². The predicted octanol–water partition coefficient (Wildman–Crippen LogP) is 2.65. The van der Waals surface area contributed by atoms with Crippen LogP contribution in [-0.2, 0) is 6.54 Å². The molecule has 0 spiro atoms. The van der Waals surface area contributed by atoms with Crippen LogP contribution in [0.4, 0.5) is 5.82 Å². The molecule has 1 aliphatic heterocycles. The van der Waals surface area contributed by atoms with Crippen molar-refractivity contribution in [3.63, 3.8) is 0 Å². The summed E-state index contributed by atoms with van der Waals surface area (Å²) in [5, 5.41) is 8.73. The minimum absolute atomic E-state index is 0. The quantitative estimate of drug-likeness (QED) is 0.676. The Hall–Kier alpha value is -1.64. The first-order chi connectivity index (χ1) is 11.7. The van der Waals surface area contributed by atoms with Gasteiger partial charge in [0.15, 0.2) is 5.82 Å². The van der Waals surface area contributed by atoms with E-state index in [4.69, 9.17) is 26.8 Å². The number of rotatable bonds is 3. The molecule has 0 radical (unpaired) electrons. The number of aromatic nitrogens is 3. The topological polar surface area (TPSA) is 93.1 Å². The van der Waals surface area contributed by atoms with E-state index in [0.717, 1.165) is 48.5 Å². The molecule has 0 unspecified atom stereocenters. The Labute approximate surface area is 168 Å². The van der Waals surface area contributed by atoms with Crippen LogP contribution >= 0.6 is 36.4 Å². The Bertz CT molecular complexity index is 882. The molecule has 1 saturated heterocycles. The van der Waals surface area contributed by atoms with Crippen molar-refractivity contribution in [2.45, 2.75) is 6.54 Å². The van der Waals surface area contributed by atoms with Crippen LogP contribution in [0.25, 0.3) is 22.4 Å². The summed E-state index contributed by atoms with van der Waals surface area (Å²) in [5.74, 6) is 1.76. The van der Waals surface area contributed by atoms with E-state index in [1.165, 1.54) is 0 Å². The van der Waals surface area contributed by atoms with Gasteiger partial charge in [-0.05, 0) is 24.3 Å². The number of piperazine rings is 1. The lowest BCUT2D eigenvalue weighted by Crippen LogP contribution is -2.44. The second-order valence-corrected chi connectivity index (χ2v) is 6.07. The number of nitrogens with two attached hydrogens (primary N) is 1. The van der Waals surface area contributed by atoms with Crippen LogP contribution in [0.1, 0.15) is 5.82 Å². The lowest BCUT2D eigenvalue weighted by atomic mass is 10.1. The summed E-state index contributed by atoms with van der Waals surface area (Å²) >= 11 is 6.47. The molecule has 3 aromatic rings. The highest BCUT2D eigenvalue weighted by molar-refractivity contribution is 6.33. The van der Waals surface area contributed by atoms with Gasteiger partial charge >= 0.3 is 0 Å². The van der Waals surface area contributed by atoms with E-state index in [-0.39, 0.29) is 31.4 Å². The molecule has 4 rings (SSSR count). The van der Waals surface area contributed by atoms with E-state index in [1.54, 1.807) is 0 Å². The first kappa shape index (κ1) is 20.7. The van der Waals surface area contributed by atoms with Crippen molar-refractivity contribution in [2.75, 3.05) is 31.1 Å². The van der Waals surface area contributed by atoms with Gasteiger partial charge < -0.3 is 20.5 Å². The van der Waals surface area contributed by atoms with Crippen molar-refractivity contribution >= 4 is 53.1 Å². The summed E-state index contributed by atoms with van der Waals surface area (Å²) < 4.78 is 5.23. The minimum atomic E-state index is 0. The summed E-state index contributed by atoms with van der Waals surface area (Å²) in [6, 6.07) is 7.74. The molecule has 0 bridgehead atoms. The zero-order chi connectivity index (χ0) is 16.5. The van der Waals surface area contributed by atoms with Crippen LogP contribution < -0.4 is 16.0 Å². The number of halogens is 3. The Morgan fingerprint density at radius 2 is 1.92 bits per heavy atom. The van der Waals surface area contributed by atoms with Crippen LogP contribution in [0, 0.1) is 0 Å². The molecule has 140 valence electrons. The second kappa shape index (κ2) is 8.83. The van der Waals surface area contributed by atoms with Gasteiger partial charge in [0.2, 0.25) is 0 Å². The Morgan fingerprint density at radius 3 is 2.62 bits per heavy atom. The summed E-state index contributed by atoms with van der Waals surface area (Å²) in [7, 11) is 0. The lowest BCUT2D eigenvalue weighted by Gasteiger charge is -2.29. The maximum absolute atomic E-state index is 6.47. The van der Waals surface area contributed by atoms with Gasteiger partial charge in [-0.3, -0.25) is 0 Å².